The van der Waals surface area contributed by atoms with Gasteiger partial charge in [0.1, 0.15) is 0 Å². The Morgan fingerprint density at radius 1 is 1.45 bits per heavy atom. The Balaban J connectivity index is 1.57. The van der Waals surface area contributed by atoms with E-state index >= 15 is 0 Å². The van der Waals surface area contributed by atoms with Gasteiger partial charge in [-0.05, 0) is 49.9 Å². The molecule has 1 fully saturated rings. The minimum absolute atomic E-state index is 0.0777. The number of piperidine rings is 1. The van der Waals surface area contributed by atoms with Gasteiger partial charge in [0, 0.05) is 18.5 Å². The third-order valence-corrected chi connectivity index (χ3v) is 5.53. The lowest BCUT2D eigenvalue weighted by Crippen LogP contribution is -2.42. The van der Waals surface area contributed by atoms with Crippen LogP contribution in [0.1, 0.15) is 18.4 Å². The summed E-state index contributed by atoms with van der Waals surface area (Å²) in [5.41, 5.74) is 1.32. The van der Waals surface area contributed by atoms with Crippen molar-refractivity contribution in [3.8, 4) is 0 Å². The van der Waals surface area contributed by atoms with Crippen LogP contribution in [0.2, 0.25) is 0 Å². The summed E-state index contributed by atoms with van der Waals surface area (Å²) < 4.78 is 0. The van der Waals surface area contributed by atoms with Gasteiger partial charge >= 0.3 is 0 Å². The average Bonchev–Trinajstić information content (AvgIpc) is 2.91. The van der Waals surface area contributed by atoms with Crippen LogP contribution in [0.3, 0.4) is 0 Å². The molecular weight excluding hydrogens is 268 g/mol. The molecule has 0 saturated carbocycles. The van der Waals surface area contributed by atoms with Gasteiger partial charge in [0.15, 0.2) is 0 Å². The van der Waals surface area contributed by atoms with Crippen molar-refractivity contribution >= 4 is 17.7 Å². The summed E-state index contributed by atoms with van der Waals surface area (Å²) in [4.78, 5) is 15.8. The second kappa shape index (κ2) is 6.19. The minimum atomic E-state index is 0.0777. The average molecular weight is 290 g/mol. The quantitative estimate of drug-likeness (QED) is 0.926. The predicted octanol–water partition coefficient (Wildman–Crippen LogP) is 2.16. The molecule has 2 aliphatic heterocycles. The topological polar surface area (TPSA) is 32.3 Å². The van der Waals surface area contributed by atoms with Crippen LogP contribution >= 0.6 is 11.8 Å². The van der Waals surface area contributed by atoms with E-state index in [0.29, 0.717) is 5.92 Å². The Hall–Kier alpha value is -1.00. The van der Waals surface area contributed by atoms with Crippen LogP contribution in [-0.2, 0) is 11.2 Å². The van der Waals surface area contributed by atoms with Crippen LogP contribution in [-0.4, -0.2) is 42.7 Å². The highest BCUT2D eigenvalue weighted by Gasteiger charge is 2.30. The summed E-state index contributed by atoms with van der Waals surface area (Å²) in [5.74, 6) is 0.906. The van der Waals surface area contributed by atoms with Gasteiger partial charge in [-0.15, -0.1) is 11.8 Å². The fourth-order valence-corrected chi connectivity index (χ4v) is 4.43. The standard InChI is InChI=1S/C16H22N2OS/c1-18(11-12-5-4-8-17-10-12)16(19)15-9-13-6-2-3-7-14(13)20-15/h2-3,6-7,12,15,17H,4-5,8-11H2,1H3. The van der Waals surface area contributed by atoms with Gasteiger partial charge in [0.05, 0.1) is 5.25 Å². The second-order valence-corrected chi connectivity index (χ2v) is 7.09. The summed E-state index contributed by atoms with van der Waals surface area (Å²) in [7, 11) is 1.96. The van der Waals surface area contributed by atoms with Crippen molar-refractivity contribution < 1.29 is 4.79 Å². The Kier molecular flexibility index (Phi) is 4.32. The van der Waals surface area contributed by atoms with Gasteiger partial charge < -0.3 is 10.2 Å². The molecule has 1 saturated heterocycles. The van der Waals surface area contributed by atoms with Crippen LogP contribution in [0.25, 0.3) is 0 Å². The van der Waals surface area contributed by atoms with Crippen molar-refractivity contribution in [1.82, 2.24) is 10.2 Å². The highest BCUT2D eigenvalue weighted by atomic mass is 32.2. The van der Waals surface area contributed by atoms with E-state index in [1.54, 1.807) is 11.8 Å². The molecule has 2 atom stereocenters. The maximum Gasteiger partial charge on any atom is 0.236 e. The normalized spacial score (nSPS) is 25.2. The number of fused-ring (bicyclic) bond motifs is 1. The molecule has 3 rings (SSSR count). The lowest BCUT2D eigenvalue weighted by Gasteiger charge is -2.28. The van der Waals surface area contributed by atoms with Crippen LogP contribution in [0, 0.1) is 5.92 Å². The van der Waals surface area contributed by atoms with E-state index in [0.717, 1.165) is 26.1 Å². The van der Waals surface area contributed by atoms with Crippen molar-refractivity contribution in [1.29, 1.82) is 0 Å². The smallest absolute Gasteiger partial charge is 0.236 e. The number of nitrogens with one attached hydrogen (secondary N) is 1. The first-order chi connectivity index (χ1) is 9.74. The highest BCUT2D eigenvalue weighted by molar-refractivity contribution is 8.01. The monoisotopic (exact) mass is 290 g/mol. The zero-order valence-corrected chi connectivity index (χ0v) is 12.8. The van der Waals surface area contributed by atoms with E-state index in [4.69, 9.17) is 0 Å². The van der Waals surface area contributed by atoms with Gasteiger partial charge in [0.2, 0.25) is 5.91 Å². The zero-order valence-electron chi connectivity index (χ0n) is 12.0. The van der Waals surface area contributed by atoms with Gasteiger partial charge in [-0.25, -0.2) is 0 Å². The van der Waals surface area contributed by atoms with E-state index in [-0.39, 0.29) is 11.2 Å². The fourth-order valence-electron chi connectivity index (χ4n) is 3.12. The molecule has 1 amide bonds. The molecule has 2 heterocycles. The Morgan fingerprint density at radius 3 is 3.05 bits per heavy atom. The Morgan fingerprint density at radius 2 is 2.30 bits per heavy atom. The largest absolute Gasteiger partial charge is 0.344 e. The summed E-state index contributed by atoms with van der Waals surface area (Å²) >= 11 is 1.73. The molecule has 108 valence electrons. The van der Waals surface area contributed by atoms with E-state index in [1.165, 1.54) is 23.3 Å². The van der Waals surface area contributed by atoms with Gasteiger partial charge in [-0.2, -0.15) is 0 Å². The van der Waals surface area contributed by atoms with Gasteiger partial charge in [-0.3, -0.25) is 4.79 Å². The molecule has 1 aromatic carbocycles. The van der Waals surface area contributed by atoms with Crippen molar-refractivity contribution in [2.75, 3.05) is 26.7 Å². The fraction of sp³-hybridized carbons (Fsp3) is 0.562. The maximum absolute atomic E-state index is 12.6. The Bertz CT molecular complexity index is 460. The number of carbonyl (C=O) groups is 1. The highest BCUT2D eigenvalue weighted by Crippen LogP contribution is 2.37. The second-order valence-electron chi connectivity index (χ2n) is 5.85. The molecule has 2 unspecified atom stereocenters. The van der Waals surface area contributed by atoms with E-state index in [9.17, 15) is 4.79 Å². The first kappa shape index (κ1) is 14.0. The van der Waals surface area contributed by atoms with E-state index in [1.807, 2.05) is 11.9 Å². The predicted molar refractivity (Wildman–Crippen MR) is 83.0 cm³/mol. The number of rotatable bonds is 3. The van der Waals surface area contributed by atoms with Crippen LogP contribution < -0.4 is 5.32 Å². The van der Waals surface area contributed by atoms with E-state index < -0.39 is 0 Å². The summed E-state index contributed by atoms with van der Waals surface area (Å²) in [6.07, 6.45) is 3.35. The molecule has 0 aromatic heterocycles. The van der Waals surface area contributed by atoms with Gasteiger partial charge in [-0.1, -0.05) is 18.2 Å². The maximum atomic E-state index is 12.6. The number of amides is 1. The molecule has 3 nitrogen and oxygen atoms in total. The number of hydrogen-bond acceptors (Lipinski definition) is 3. The van der Waals surface area contributed by atoms with Crippen molar-refractivity contribution in [2.45, 2.75) is 29.4 Å². The Labute approximate surface area is 125 Å². The lowest BCUT2D eigenvalue weighted by molar-refractivity contribution is -0.129. The number of thioether (sulfide) groups is 1. The molecule has 0 spiro atoms. The number of carbonyl (C=O) groups excluding carboxylic acids is 1. The SMILES string of the molecule is CN(CC1CCCNC1)C(=O)C1Cc2ccccc2S1. The van der Waals surface area contributed by atoms with Crippen LogP contribution in [0.5, 0.6) is 0 Å². The summed E-state index contributed by atoms with van der Waals surface area (Å²) in [6, 6.07) is 8.37. The third-order valence-electron chi connectivity index (χ3n) is 4.23. The van der Waals surface area contributed by atoms with Crippen LogP contribution in [0.4, 0.5) is 0 Å². The molecule has 0 radical (unpaired) electrons. The number of benzene rings is 1. The first-order valence-corrected chi connectivity index (χ1v) is 8.32. The summed E-state index contributed by atoms with van der Waals surface area (Å²) in [5, 5.41) is 3.50. The molecule has 0 bridgehead atoms. The lowest BCUT2D eigenvalue weighted by atomic mass is 9.99. The molecule has 1 aromatic rings. The third kappa shape index (κ3) is 3.01. The number of nitrogens with zero attached hydrogens (tertiary/aromatic N) is 1. The molecule has 20 heavy (non-hydrogen) atoms. The van der Waals surface area contributed by atoms with Crippen molar-refractivity contribution in [2.24, 2.45) is 5.92 Å². The zero-order chi connectivity index (χ0) is 13.9. The summed E-state index contributed by atoms with van der Waals surface area (Å²) in [6.45, 7) is 3.07. The molecule has 4 heteroatoms. The first-order valence-electron chi connectivity index (χ1n) is 7.44. The van der Waals surface area contributed by atoms with Gasteiger partial charge in [0.25, 0.3) is 0 Å². The van der Waals surface area contributed by atoms with Crippen LogP contribution in [0.15, 0.2) is 29.2 Å². The molecule has 2 aliphatic rings. The van der Waals surface area contributed by atoms with Crippen molar-refractivity contribution in [3.63, 3.8) is 0 Å². The van der Waals surface area contributed by atoms with E-state index in [2.05, 4.69) is 29.6 Å². The molecular formula is C16H22N2OS. The molecule has 1 N–H and O–H groups in total. The molecule has 0 aliphatic carbocycles. The minimum Gasteiger partial charge on any atom is -0.344 e. The van der Waals surface area contributed by atoms with Crippen molar-refractivity contribution in [3.05, 3.63) is 29.8 Å². The number of hydrogen-bond donors (Lipinski definition) is 1.